The maximum Gasteiger partial charge on any atom is 0.0443 e. The first-order chi connectivity index (χ1) is 10.3. The summed E-state index contributed by atoms with van der Waals surface area (Å²) in [7, 11) is 0. The Bertz CT molecular complexity index is 662. The fraction of sp³-hybridized carbons (Fsp3) is 0.368. The lowest BCUT2D eigenvalue weighted by Gasteiger charge is -2.35. The third kappa shape index (κ3) is 2.29. The topological polar surface area (TPSA) is 15.3 Å². The molecule has 2 aromatic rings. The van der Waals surface area contributed by atoms with E-state index in [9.17, 15) is 0 Å². The number of fused-ring (bicyclic) bond motifs is 2. The van der Waals surface area contributed by atoms with Crippen LogP contribution in [-0.4, -0.2) is 13.1 Å². The summed E-state index contributed by atoms with van der Waals surface area (Å²) < 4.78 is 0. The average Bonchev–Trinajstić information content (AvgIpc) is 2.53. The number of para-hydroxylation sites is 1. The molecule has 0 bridgehead atoms. The van der Waals surface area contributed by atoms with E-state index in [-0.39, 0.29) is 0 Å². The van der Waals surface area contributed by atoms with Gasteiger partial charge in [-0.25, -0.2) is 0 Å². The molecule has 2 heterocycles. The lowest BCUT2D eigenvalue weighted by molar-refractivity contribution is 0.562. The Morgan fingerprint density at radius 2 is 2.00 bits per heavy atom. The van der Waals surface area contributed by atoms with E-state index in [1.807, 2.05) is 0 Å². The Labute approximate surface area is 126 Å². The van der Waals surface area contributed by atoms with Crippen LogP contribution in [0.25, 0.3) is 0 Å². The van der Waals surface area contributed by atoms with E-state index in [1.54, 1.807) is 0 Å². The number of anilines is 3. The van der Waals surface area contributed by atoms with E-state index in [4.69, 9.17) is 0 Å². The fourth-order valence-corrected chi connectivity index (χ4v) is 3.67. The zero-order valence-electron chi connectivity index (χ0n) is 12.6. The Hall–Kier alpha value is -1.96. The van der Waals surface area contributed by atoms with Crippen molar-refractivity contribution >= 4 is 17.1 Å². The average molecular weight is 278 g/mol. The molecule has 0 radical (unpaired) electrons. The van der Waals surface area contributed by atoms with E-state index in [1.165, 1.54) is 47.5 Å². The Morgan fingerprint density at radius 3 is 2.95 bits per heavy atom. The molecule has 0 aliphatic carbocycles. The summed E-state index contributed by atoms with van der Waals surface area (Å²) in [5.41, 5.74) is 7.00. The number of aryl methyl sites for hydroxylation is 1. The van der Waals surface area contributed by atoms with Gasteiger partial charge in [0.05, 0.1) is 0 Å². The van der Waals surface area contributed by atoms with Gasteiger partial charge in [-0.3, -0.25) is 0 Å². The normalized spacial score (nSPS) is 20.4. The van der Waals surface area contributed by atoms with Crippen molar-refractivity contribution in [3.8, 4) is 0 Å². The highest BCUT2D eigenvalue weighted by atomic mass is 15.1. The monoisotopic (exact) mass is 278 g/mol. The largest absolute Gasteiger partial charge is 0.385 e. The van der Waals surface area contributed by atoms with Crippen molar-refractivity contribution in [2.45, 2.75) is 26.2 Å². The molecular weight excluding hydrogens is 256 g/mol. The van der Waals surface area contributed by atoms with Crippen LogP contribution in [-0.2, 0) is 12.8 Å². The van der Waals surface area contributed by atoms with Crippen LogP contribution >= 0.6 is 0 Å². The molecule has 1 unspecified atom stereocenters. The first-order valence-corrected chi connectivity index (χ1v) is 8.03. The molecule has 4 rings (SSSR count). The lowest BCUT2D eigenvalue weighted by Crippen LogP contribution is -2.30. The maximum atomic E-state index is 3.50. The number of hydrogen-bond acceptors (Lipinski definition) is 2. The Morgan fingerprint density at radius 1 is 1.10 bits per heavy atom. The van der Waals surface area contributed by atoms with Crippen LogP contribution < -0.4 is 10.2 Å². The molecule has 0 fully saturated rings. The van der Waals surface area contributed by atoms with Crippen molar-refractivity contribution in [2.75, 3.05) is 23.3 Å². The molecule has 2 nitrogen and oxygen atoms in total. The van der Waals surface area contributed by atoms with Gasteiger partial charge in [0.1, 0.15) is 0 Å². The summed E-state index contributed by atoms with van der Waals surface area (Å²) in [4.78, 5) is 2.50. The minimum Gasteiger partial charge on any atom is -0.385 e. The molecule has 1 N–H and O–H groups in total. The van der Waals surface area contributed by atoms with Gasteiger partial charge in [-0.2, -0.15) is 0 Å². The van der Waals surface area contributed by atoms with E-state index < -0.39 is 0 Å². The molecule has 2 aliphatic heterocycles. The Kier molecular flexibility index (Phi) is 3.10. The van der Waals surface area contributed by atoms with Gasteiger partial charge in [0.15, 0.2) is 0 Å². The predicted molar refractivity (Wildman–Crippen MR) is 89.6 cm³/mol. The van der Waals surface area contributed by atoms with Crippen LogP contribution in [0.2, 0.25) is 0 Å². The summed E-state index contributed by atoms with van der Waals surface area (Å²) in [5, 5.41) is 3.50. The summed E-state index contributed by atoms with van der Waals surface area (Å²) in [6.07, 6.45) is 3.63. The number of rotatable bonds is 1. The van der Waals surface area contributed by atoms with E-state index >= 15 is 0 Å². The van der Waals surface area contributed by atoms with E-state index in [0.29, 0.717) is 5.92 Å². The summed E-state index contributed by atoms with van der Waals surface area (Å²) in [6.45, 7) is 4.57. The highest BCUT2D eigenvalue weighted by Crippen LogP contribution is 2.37. The second kappa shape index (κ2) is 5.10. The molecule has 1 atom stereocenters. The maximum absolute atomic E-state index is 3.50. The molecule has 21 heavy (non-hydrogen) atoms. The molecule has 2 aliphatic rings. The van der Waals surface area contributed by atoms with Crippen LogP contribution in [0.1, 0.15) is 24.5 Å². The molecule has 0 saturated heterocycles. The lowest BCUT2D eigenvalue weighted by atomic mass is 9.93. The quantitative estimate of drug-likeness (QED) is 0.833. The van der Waals surface area contributed by atoms with Crippen LogP contribution in [0.5, 0.6) is 0 Å². The zero-order valence-corrected chi connectivity index (χ0v) is 12.6. The molecular formula is C19H22N2. The highest BCUT2D eigenvalue weighted by molar-refractivity contribution is 5.71. The second-order valence-electron chi connectivity index (χ2n) is 6.42. The number of hydrogen-bond donors (Lipinski definition) is 1. The van der Waals surface area contributed by atoms with Crippen LogP contribution in [0.3, 0.4) is 0 Å². The smallest absolute Gasteiger partial charge is 0.0443 e. The minimum atomic E-state index is 0.703. The van der Waals surface area contributed by atoms with Crippen molar-refractivity contribution in [1.29, 1.82) is 0 Å². The molecule has 0 amide bonds. The van der Waals surface area contributed by atoms with Gasteiger partial charge >= 0.3 is 0 Å². The molecule has 0 aromatic heterocycles. The third-order valence-corrected chi connectivity index (χ3v) is 4.68. The van der Waals surface area contributed by atoms with E-state index in [2.05, 4.69) is 59.6 Å². The number of nitrogens with zero attached hydrogens (tertiary/aromatic N) is 1. The zero-order chi connectivity index (χ0) is 14.2. The van der Waals surface area contributed by atoms with Gasteiger partial charge in [0, 0.05) is 30.2 Å². The van der Waals surface area contributed by atoms with Gasteiger partial charge in [-0.15, -0.1) is 0 Å². The van der Waals surface area contributed by atoms with Gasteiger partial charge in [-0.05, 0) is 60.6 Å². The minimum absolute atomic E-state index is 0.703. The predicted octanol–water partition coefficient (Wildman–Crippen LogP) is 4.38. The van der Waals surface area contributed by atoms with Crippen molar-refractivity contribution in [3.63, 3.8) is 0 Å². The van der Waals surface area contributed by atoms with E-state index in [0.717, 1.165) is 13.1 Å². The van der Waals surface area contributed by atoms with Crippen molar-refractivity contribution in [3.05, 3.63) is 53.6 Å². The molecule has 0 saturated carbocycles. The van der Waals surface area contributed by atoms with Crippen molar-refractivity contribution in [2.24, 2.45) is 5.92 Å². The van der Waals surface area contributed by atoms with Gasteiger partial charge in [0.25, 0.3) is 0 Å². The number of benzene rings is 2. The molecule has 2 aromatic carbocycles. The Balaban J connectivity index is 1.76. The van der Waals surface area contributed by atoms with Gasteiger partial charge < -0.3 is 10.2 Å². The second-order valence-corrected chi connectivity index (χ2v) is 6.42. The summed E-state index contributed by atoms with van der Waals surface area (Å²) in [5.74, 6) is 0.703. The highest BCUT2D eigenvalue weighted by Gasteiger charge is 2.23. The first-order valence-electron chi connectivity index (χ1n) is 8.03. The standard InChI is InChI=1S/C19H22N2/c1-14-11-16-5-2-3-7-19(16)21(13-14)17-8-9-18-15(12-17)6-4-10-20-18/h2-3,5,7-9,12,14,20H,4,6,10-11,13H2,1H3. The van der Waals surface area contributed by atoms with Crippen molar-refractivity contribution < 1.29 is 0 Å². The molecule has 108 valence electrons. The van der Waals surface area contributed by atoms with Crippen LogP contribution in [0, 0.1) is 5.92 Å². The fourth-order valence-electron chi connectivity index (χ4n) is 3.67. The molecule has 0 spiro atoms. The molecule has 2 heteroatoms. The van der Waals surface area contributed by atoms with Crippen molar-refractivity contribution in [1.82, 2.24) is 0 Å². The van der Waals surface area contributed by atoms with Crippen LogP contribution in [0.4, 0.5) is 17.1 Å². The number of nitrogens with one attached hydrogen (secondary N) is 1. The first kappa shape index (κ1) is 12.8. The third-order valence-electron chi connectivity index (χ3n) is 4.68. The summed E-state index contributed by atoms with van der Waals surface area (Å²) in [6, 6.07) is 15.8. The van der Waals surface area contributed by atoms with Crippen LogP contribution in [0.15, 0.2) is 42.5 Å². The van der Waals surface area contributed by atoms with Gasteiger partial charge in [-0.1, -0.05) is 25.1 Å². The SMILES string of the molecule is CC1Cc2ccccc2N(c2ccc3c(c2)CCCN3)C1. The van der Waals surface area contributed by atoms with Gasteiger partial charge in [0.2, 0.25) is 0 Å². The summed E-state index contributed by atoms with van der Waals surface area (Å²) >= 11 is 0.